The van der Waals surface area contributed by atoms with Crippen LogP contribution in [0.3, 0.4) is 0 Å². The molecule has 0 aliphatic heterocycles. The maximum Gasteiger partial charge on any atom is 0.183 e. The number of aromatic nitrogens is 1. The van der Waals surface area contributed by atoms with Gasteiger partial charge in [0.15, 0.2) is 5.13 Å². The molecule has 14 heavy (non-hydrogen) atoms. The molecule has 2 rings (SSSR count). The summed E-state index contributed by atoms with van der Waals surface area (Å²) in [5.41, 5.74) is 0.430. The van der Waals surface area contributed by atoms with Crippen LogP contribution in [0, 0.1) is 12.3 Å². The normalized spacial score (nSPS) is 25.2. The molecule has 78 valence electrons. The summed E-state index contributed by atoms with van der Waals surface area (Å²) in [5.74, 6) is 0. The molecule has 1 aromatic rings. The van der Waals surface area contributed by atoms with Crippen molar-refractivity contribution in [3.63, 3.8) is 0 Å². The zero-order chi connectivity index (χ0) is 10.2. The first kappa shape index (κ1) is 9.97. The zero-order valence-electron chi connectivity index (χ0n) is 9.13. The first-order valence-electron chi connectivity index (χ1n) is 5.27. The van der Waals surface area contributed by atoms with Crippen LogP contribution in [0.4, 0.5) is 5.13 Å². The van der Waals surface area contributed by atoms with Crippen LogP contribution in [-0.2, 0) is 0 Å². The van der Waals surface area contributed by atoms with E-state index in [4.69, 9.17) is 0 Å². The molecule has 1 saturated carbocycles. The number of thiazole rings is 1. The molecule has 3 heteroatoms. The monoisotopic (exact) mass is 210 g/mol. The molecule has 2 nitrogen and oxygen atoms in total. The molecular formula is C11H18N2S. The van der Waals surface area contributed by atoms with Gasteiger partial charge >= 0.3 is 0 Å². The van der Waals surface area contributed by atoms with Gasteiger partial charge in [0.1, 0.15) is 0 Å². The lowest BCUT2D eigenvalue weighted by molar-refractivity contribution is 0.350. The second kappa shape index (κ2) is 3.54. The summed E-state index contributed by atoms with van der Waals surface area (Å²) >= 11 is 1.75. The van der Waals surface area contributed by atoms with E-state index in [9.17, 15) is 0 Å². The van der Waals surface area contributed by atoms with Crippen molar-refractivity contribution in [2.75, 3.05) is 5.32 Å². The van der Waals surface area contributed by atoms with Gasteiger partial charge in [-0.3, -0.25) is 0 Å². The highest BCUT2D eigenvalue weighted by Crippen LogP contribution is 2.39. The minimum absolute atomic E-state index is 0.430. The van der Waals surface area contributed by atoms with Gasteiger partial charge in [-0.25, -0.2) is 4.98 Å². The highest BCUT2D eigenvalue weighted by Gasteiger charge is 2.34. The summed E-state index contributed by atoms with van der Waals surface area (Å²) in [5, 5.41) is 4.64. The molecule has 0 spiro atoms. The second-order valence-electron chi connectivity index (χ2n) is 4.85. The van der Waals surface area contributed by atoms with Crippen molar-refractivity contribution in [1.82, 2.24) is 4.98 Å². The predicted molar refractivity (Wildman–Crippen MR) is 61.9 cm³/mol. The lowest BCUT2D eigenvalue weighted by Crippen LogP contribution is -2.30. The molecule has 1 aliphatic rings. The topological polar surface area (TPSA) is 24.9 Å². The largest absolute Gasteiger partial charge is 0.358 e. The van der Waals surface area contributed by atoms with Crippen molar-refractivity contribution in [1.29, 1.82) is 0 Å². The van der Waals surface area contributed by atoms with Crippen molar-refractivity contribution < 1.29 is 0 Å². The predicted octanol–water partition coefficient (Wildman–Crippen LogP) is 3.44. The minimum Gasteiger partial charge on any atom is -0.358 e. The number of hydrogen-bond acceptors (Lipinski definition) is 3. The first-order chi connectivity index (χ1) is 6.58. The highest BCUT2D eigenvalue weighted by molar-refractivity contribution is 7.15. The third kappa shape index (κ3) is 1.92. The van der Waals surface area contributed by atoms with E-state index < -0.39 is 0 Å². The second-order valence-corrected chi connectivity index (χ2v) is 6.09. The van der Waals surface area contributed by atoms with Crippen LogP contribution in [0.25, 0.3) is 0 Å². The van der Waals surface area contributed by atoms with Gasteiger partial charge in [0, 0.05) is 17.1 Å². The molecule has 1 aliphatic carbocycles. The van der Waals surface area contributed by atoms with Crippen LogP contribution in [0.2, 0.25) is 0 Å². The summed E-state index contributed by atoms with van der Waals surface area (Å²) in [4.78, 5) is 5.63. The summed E-state index contributed by atoms with van der Waals surface area (Å²) in [7, 11) is 0. The Hall–Kier alpha value is -0.570. The van der Waals surface area contributed by atoms with Gasteiger partial charge in [0.25, 0.3) is 0 Å². The van der Waals surface area contributed by atoms with Gasteiger partial charge in [-0.1, -0.05) is 20.3 Å². The molecule has 0 saturated heterocycles. The Morgan fingerprint density at radius 1 is 1.57 bits per heavy atom. The van der Waals surface area contributed by atoms with Gasteiger partial charge in [-0.2, -0.15) is 0 Å². The standard InChI is InChI=1S/C11H18N2S/c1-8-7-12-10(14-8)13-9-5-4-6-11(9,2)3/h7,9H,4-6H2,1-3H3,(H,12,13). The molecule has 1 fully saturated rings. The summed E-state index contributed by atoms with van der Waals surface area (Å²) in [6.45, 7) is 6.79. The summed E-state index contributed by atoms with van der Waals surface area (Å²) in [6.07, 6.45) is 5.89. The van der Waals surface area contributed by atoms with E-state index in [1.165, 1.54) is 24.1 Å². The summed E-state index contributed by atoms with van der Waals surface area (Å²) < 4.78 is 0. The Labute approximate surface area is 89.8 Å². The third-order valence-electron chi connectivity index (χ3n) is 3.18. The van der Waals surface area contributed by atoms with Crippen LogP contribution in [-0.4, -0.2) is 11.0 Å². The fourth-order valence-electron chi connectivity index (χ4n) is 2.16. The number of hydrogen-bond donors (Lipinski definition) is 1. The smallest absolute Gasteiger partial charge is 0.183 e. The maximum atomic E-state index is 4.35. The fraction of sp³-hybridized carbons (Fsp3) is 0.727. The number of nitrogens with zero attached hydrogens (tertiary/aromatic N) is 1. The Morgan fingerprint density at radius 2 is 2.36 bits per heavy atom. The third-order valence-corrected chi connectivity index (χ3v) is 4.02. The van der Waals surface area contributed by atoms with E-state index in [1.54, 1.807) is 11.3 Å². The minimum atomic E-state index is 0.430. The molecule has 1 heterocycles. The van der Waals surface area contributed by atoms with Crippen molar-refractivity contribution >= 4 is 16.5 Å². The van der Waals surface area contributed by atoms with E-state index in [0.717, 1.165) is 5.13 Å². The van der Waals surface area contributed by atoms with Gasteiger partial charge in [-0.15, -0.1) is 11.3 Å². The van der Waals surface area contributed by atoms with E-state index >= 15 is 0 Å². The van der Waals surface area contributed by atoms with Crippen molar-refractivity contribution in [2.45, 2.75) is 46.1 Å². The quantitative estimate of drug-likeness (QED) is 0.808. The zero-order valence-corrected chi connectivity index (χ0v) is 9.95. The SMILES string of the molecule is Cc1cnc(NC2CCCC2(C)C)s1. The Balaban J connectivity index is 2.04. The van der Waals surface area contributed by atoms with E-state index in [-0.39, 0.29) is 0 Å². The van der Waals surface area contributed by atoms with E-state index in [2.05, 4.69) is 31.1 Å². The molecule has 0 amide bonds. The number of nitrogens with one attached hydrogen (secondary N) is 1. The molecule has 1 N–H and O–H groups in total. The van der Waals surface area contributed by atoms with Crippen LogP contribution < -0.4 is 5.32 Å². The van der Waals surface area contributed by atoms with Crippen LogP contribution in [0.5, 0.6) is 0 Å². The van der Waals surface area contributed by atoms with E-state index in [0.29, 0.717) is 11.5 Å². The Bertz CT molecular complexity index is 317. The van der Waals surface area contributed by atoms with Crippen molar-refractivity contribution in [2.24, 2.45) is 5.41 Å². The van der Waals surface area contributed by atoms with Gasteiger partial charge in [0.2, 0.25) is 0 Å². The van der Waals surface area contributed by atoms with E-state index in [1.807, 2.05) is 6.20 Å². The fourth-order valence-corrected chi connectivity index (χ4v) is 2.88. The molecular weight excluding hydrogens is 192 g/mol. The molecule has 0 radical (unpaired) electrons. The summed E-state index contributed by atoms with van der Waals surface area (Å²) in [6, 6.07) is 0.605. The average Bonchev–Trinajstić information content (AvgIpc) is 2.61. The van der Waals surface area contributed by atoms with Gasteiger partial charge in [0.05, 0.1) is 0 Å². The van der Waals surface area contributed by atoms with Crippen LogP contribution in [0.1, 0.15) is 38.0 Å². The van der Waals surface area contributed by atoms with Crippen molar-refractivity contribution in [3.05, 3.63) is 11.1 Å². The van der Waals surface area contributed by atoms with Crippen LogP contribution in [0.15, 0.2) is 6.20 Å². The molecule has 0 bridgehead atoms. The molecule has 0 aromatic carbocycles. The molecule has 1 unspecified atom stereocenters. The lowest BCUT2D eigenvalue weighted by atomic mass is 9.87. The Kier molecular flexibility index (Phi) is 2.52. The lowest BCUT2D eigenvalue weighted by Gasteiger charge is -2.27. The van der Waals surface area contributed by atoms with Gasteiger partial charge in [-0.05, 0) is 25.2 Å². The van der Waals surface area contributed by atoms with Crippen LogP contribution >= 0.6 is 11.3 Å². The first-order valence-corrected chi connectivity index (χ1v) is 6.08. The average molecular weight is 210 g/mol. The Morgan fingerprint density at radius 3 is 2.86 bits per heavy atom. The number of aryl methyl sites for hydroxylation is 1. The highest BCUT2D eigenvalue weighted by atomic mass is 32.1. The maximum absolute atomic E-state index is 4.35. The molecule has 1 atom stereocenters. The molecule has 1 aromatic heterocycles. The van der Waals surface area contributed by atoms with Crippen molar-refractivity contribution in [3.8, 4) is 0 Å². The number of rotatable bonds is 2. The number of anilines is 1. The van der Waals surface area contributed by atoms with Gasteiger partial charge < -0.3 is 5.32 Å².